The number of fused-ring (bicyclic) bond motifs is 3. The summed E-state index contributed by atoms with van der Waals surface area (Å²) in [6.45, 7) is 4.25. The number of nitrogens with one attached hydrogen (secondary N) is 1. The molecule has 0 radical (unpaired) electrons. The molecule has 3 nitrogen and oxygen atoms in total. The Labute approximate surface area is 240 Å². The quantitative estimate of drug-likeness (QED) is 0.238. The first kappa shape index (κ1) is 24.9. The molecule has 2 heterocycles. The van der Waals surface area contributed by atoms with Crippen molar-refractivity contribution in [1.82, 2.24) is 4.57 Å². The SMILES string of the molecule is Cc1ccc(C(=O)Nc2ccc(C3(c4ccccc4)C=C(c4ccccc4)c4c(C)c5ccccc5n43)cc2)cc1. The van der Waals surface area contributed by atoms with Crippen LogP contribution in [0.25, 0.3) is 16.5 Å². The summed E-state index contributed by atoms with van der Waals surface area (Å²) in [5.41, 5.74) is 10.4. The van der Waals surface area contributed by atoms with Gasteiger partial charge in [0.15, 0.2) is 0 Å². The fraction of sp³-hybridized carbons (Fsp3) is 0.0789. The number of carbonyl (C=O) groups excluding carboxylic acids is 1. The number of para-hydroxylation sites is 1. The van der Waals surface area contributed by atoms with Crippen molar-refractivity contribution < 1.29 is 4.79 Å². The van der Waals surface area contributed by atoms with Crippen LogP contribution in [0, 0.1) is 13.8 Å². The van der Waals surface area contributed by atoms with Crippen LogP contribution in [0.4, 0.5) is 5.69 Å². The van der Waals surface area contributed by atoms with Crippen LogP contribution in [0.15, 0.2) is 140 Å². The third kappa shape index (κ3) is 4.01. The van der Waals surface area contributed by atoms with Gasteiger partial charge in [0.1, 0.15) is 5.54 Å². The van der Waals surface area contributed by atoms with Crippen molar-refractivity contribution in [3.05, 3.63) is 179 Å². The molecule has 1 atom stereocenters. The third-order valence-corrected chi connectivity index (χ3v) is 8.28. The van der Waals surface area contributed by atoms with Crippen LogP contribution in [-0.2, 0) is 5.54 Å². The summed E-state index contributed by atoms with van der Waals surface area (Å²) in [6.07, 6.45) is 2.42. The second-order valence-corrected chi connectivity index (χ2v) is 10.8. The van der Waals surface area contributed by atoms with Gasteiger partial charge in [-0.05, 0) is 72.5 Å². The van der Waals surface area contributed by atoms with Gasteiger partial charge >= 0.3 is 0 Å². The highest BCUT2D eigenvalue weighted by atomic mass is 16.1. The highest BCUT2D eigenvalue weighted by Gasteiger charge is 2.43. The summed E-state index contributed by atoms with van der Waals surface area (Å²) in [4.78, 5) is 12.9. The fourth-order valence-corrected chi connectivity index (χ4v) is 6.27. The van der Waals surface area contributed by atoms with Crippen molar-refractivity contribution in [1.29, 1.82) is 0 Å². The molecule has 1 aliphatic heterocycles. The lowest BCUT2D eigenvalue weighted by Crippen LogP contribution is -2.32. The van der Waals surface area contributed by atoms with E-state index in [1.165, 1.54) is 38.9 Å². The van der Waals surface area contributed by atoms with E-state index < -0.39 is 5.54 Å². The number of hydrogen-bond acceptors (Lipinski definition) is 1. The Morgan fingerprint density at radius 1 is 0.659 bits per heavy atom. The fourth-order valence-electron chi connectivity index (χ4n) is 6.27. The summed E-state index contributed by atoms with van der Waals surface area (Å²) in [7, 11) is 0. The molecule has 0 bridgehead atoms. The molecule has 3 heteroatoms. The number of hydrogen-bond donors (Lipinski definition) is 1. The number of allylic oxidation sites excluding steroid dienone is 1. The van der Waals surface area contributed by atoms with Gasteiger partial charge in [0.2, 0.25) is 0 Å². The molecule has 1 aliphatic rings. The normalized spacial score (nSPS) is 15.9. The zero-order chi connectivity index (χ0) is 28.0. The molecule has 1 N–H and O–H groups in total. The van der Waals surface area contributed by atoms with Crippen molar-refractivity contribution in [2.75, 3.05) is 5.32 Å². The minimum atomic E-state index is -0.574. The molecule has 0 saturated carbocycles. The molecule has 0 aliphatic carbocycles. The van der Waals surface area contributed by atoms with Crippen LogP contribution >= 0.6 is 0 Å². The molecule has 5 aromatic carbocycles. The molecule has 0 spiro atoms. The Balaban J connectivity index is 1.42. The van der Waals surface area contributed by atoms with Crippen molar-refractivity contribution in [2.45, 2.75) is 19.4 Å². The maximum absolute atomic E-state index is 12.9. The molecule has 198 valence electrons. The highest BCUT2D eigenvalue weighted by Crippen LogP contribution is 2.50. The average molecular weight is 531 g/mol. The molecule has 0 saturated heterocycles. The molecular weight excluding hydrogens is 500 g/mol. The monoisotopic (exact) mass is 530 g/mol. The number of anilines is 1. The van der Waals surface area contributed by atoms with Gasteiger partial charge in [0.25, 0.3) is 5.91 Å². The Bertz CT molecular complexity index is 1920. The van der Waals surface area contributed by atoms with E-state index in [1.54, 1.807) is 0 Å². The summed E-state index contributed by atoms with van der Waals surface area (Å²) in [5.74, 6) is -0.114. The van der Waals surface area contributed by atoms with Crippen LogP contribution in [0.2, 0.25) is 0 Å². The Hall–Kier alpha value is -5.15. The van der Waals surface area contributed by atoms with E-state index in [9.17, 15) is 4.79 Å². The Morgan fingerprint density at radius 3 is 1.98 bits per heavy atom. The number of aromatic nitrogens is 1. The van der Waals surface area contributed by atoms with Crippen LogP contribution in [-0.4, -0.2) is 10.5 Å². The van der Waals surface area contributed by atoms with Gasteiger partial charge in [-0.25, -0.2) is 0 Å². The zero-order valence-electron chi connectivity index (χ0n) is 23.1. The highest BCUT2D eigenvalue weighted by molar-refractivity contribution is 6.04. The van der Waals surface area contributed by atoms with Gasteiger partial charge in [-0.3, -0.25) is 4.79 Å². The topological polar surface area (TPSA) is 34.0 Å². The van der Waals surface area contributed by atoms with E-state index in [1.807, 2.05) is 43.3 Å². The summed E-state index contributed by atoms with van der Waals surface area (Å²) in [6, 6.07) is 46.0. The molecule has 6 aromatic rings. The van der Waals surface area contributed by atoms with Gasteiger partial charge in [0, 0.05) is 22.2 Å². The number of rotatable bonds is 5. The zero-order valence-corrected chi connectivity index (χ0v) is 23.1. The van der Waals surface area contributed by atoms with Crippen LogP contribution < -0.4 is 5.32 Å². The van der Waals surface area contributed by atoms with E-state index >= 15 is 0 Å². The average Bonchev–Trinajstić information content (AvgIpc) is 3.53. The van der Waals surface area contributed by atoms with Gasteiger partial charge in [-0.1, -0.05) is 109 Å². The van der Waals surface area contributed by atoms with Gasteiger partial charge in [-0.2, -0.15) is 0 Å². The van der Waals surface area contributed by atoms with Gasteiger partial charge in [0.05, 0.1) is 11.2 Å². The van der Waals surface area contributed by atoms with Crippen molar-refractivity contribution in [2.24, 2.45) is 0 Å². The smallest absolute Gasteiger partial charge is 0.255 e. The molecular formula is C38H30N2O. The molecule has 7 rings (SSSR count). The van der Waals surface area contributed by atoms with E-state index in [4.69, 9.17) is 0 Å². The standard InChI is InChI=1S/C38H30N2O/c1-26-17-19-29(20-18-26)37(41)39-32-23-21-31(22-24-32)38(30-13-7-4-8-14-30)25-34(28-11-5-3-6-12-28)36-27(2)33-15-9-10-16-35(33)40(36)38/h3-25H,1-2H3,(H,39,41). The van der Waals surface area contributed by atoms with E-state index in [0.717, 1.165) is 16.8 Å². The van der Waals surface area contributed by atoms with E-state index in [2.05, 4.69) is 120 Å². The molecule has 1 amide bonds. The Morgan fingerprint density at radius 2 is 1.27 bits per heavy atom. The minimum absolute atomic E-state index is 0.114. The van der Waals surface area contributed by atoms with Crippen molar-refractivity contribution in [3.8, 4) is 0 Å². The predicted octanol–water partition coefficient (Wildman–Crippen LogP) is 8.75. The summed E-state index contributed by atoms with van der Waals surface area (Å²) >= 11 is 0. The number of aryl methyl sites for hydroxylation is 2. The number of nitrogens with zero attached hydrogens (tertiary/aromatic N) is 1. The second-order valence-electron chi connectivity index (χ2n) is 10.8. The number of benzene rings is 5. The second kappa shape index (κ2) is 9.79. The lowest BCUT2D eigenvalue weighted by atomic mass is 9.81. The minimum Gasteiger partial charge on any atom is -0.322 e. The largest absolute Gasteiger partial charge is 0.322 e. The Kier molecular flexibility index (Phi) is 5.94. The molecule has 1 aromatic heterocycles. The predicted molar refractivity (Wildman–Crippen MR) is 168 cm³/mol. The van der Waals surface area contributed by atoms with Crippen LogP contribution in [0.1, 0.15) is 43.9 Å². The van der Waals surface area contributed by atoms with Crippen molar-refractivity contribution in [3.63, 3.8) is 0 Å². The van der Waals surface area contributed by atoms with Crippen molar-refractivity contribution >= 4 is 28.1 Å². The van der Waals surface area contributed by atoms with Crippen LogP contribution in [0.3, 0.4) is 0 Å². The third-order valence-electron chi connectivity index (χ3n) is 8.28. The first-order valence-corrected chi connectivity index (χ1v) is 14.0. The lowest BCUT2D eigenvalue weighted by molar-refractivity contribution is 0.102. The van der Waals surface area contributed by atoms with E-state index in [-0.39, 0.29) is 5.91 Å². The summed E-state index contributed by atoms with van der Waals surface area (Å²) < 4.78 is 2.51. The first-order chi connectivity index (χ1) is 20.1. The van der Waals surface area contributed by atoms with Gasteiger partial charge < -0.3 is 9.88 Å². The van der Waals surface area contributed by atoms with E-state index in [0.29, 0.717) is 5.56 Å². The lowest BCUT2D eigenvalue weighted by Gasteiger charge is -2.33. The molecule has 1 unspecified atom stereocenters. The molecule has 41 heavy (non-hydrogen) atoms. The molecule has 0 fully saturated rings. The maximum atomic E-state index is 12.9. The number of amides is 1. The summed E-state index contributed by atoms with van der Waals surface area (Å²) in [5, 5.41) is 4.33. The number of carbonyl (C=O) groups is 1. The van der Waals surface area contributed by atoms with Crippen LogP contribution in [0.5, 0.6) is 0 Å². The van der Waals surface area contributed by atoms with Gasteiger partial charge in [-0.15, -0.1) is 0 Å². The maximum Gasteiger partial charge on any atom is 0.255 e. The first-order valence-electron chi connectivity index (χ1n) is 14.0.